The van der Waals surface area contributed by atoms with Crippen LogP contribution in [0.4, 0.5) is 4.39 Å². The zero-order valence-electron chi connectivity index (χ0n) is 17.1. The van der Waals surface area contributed by atoms with E-state index in [4.69, 9.17) is 0 Å². The number of aliphatic carboxylic acids is 1. The van der Waals surface area contributed by atoms with Crippen LogP contribution in [-0.2, 0) is 4.79 Å². The largest absolute Gasteiger partial charge is 0.481 e. The number of hydrogen-bond acceptors (Lipinski definition) is 2. The van der Waals surface area contributed by atoms with Crippen molar-refractivity contribution < 1.29 is 19.1 Å². The molecule has 1 saturated heterocycles. The molecule has 2 aliphatic rings. The first-order valence-electron chi connectivity index (χ1n) is 10.9. The highest BCUT2D eigenvalue weighted by Crippen LogP contribution is 2.46. The Bertz CT molecular complexity index is 893. The summed E-state index contributed by atoms with van der Waals surface area (Å²) in [7, 11) is 0. The molecule has 158 valence electrons. The molecule has 4 rings (SSSR count). The Morgan fingerprint density at radius 1 is 0.867 bits per heavy atom. The molecule has 1 N–H and O–H groups in total. The van der Waals surface area contributed by atoms with Crippen molar-refractivity contribution in [3.8, 4) is 11.1 Å². The number of rotatable bonds is 4. The van der Waals surface area contributed by atoms with E-state index >= 15 is 0 Å². The highest BCUT2D eigenvalue weighted by atomic mass is 19.1. The smallest absolute Gasteiger partial charge is 0.310 e. The van der Waals surface area contributed by atoms with Gasteiger partial charge >= 0.3 is 5.97 Å². The van der Waals surface area contributed by atoms with Crippen LogP contribution in [0, 0.1) is 17.2 Å². The van der Waals surface area contributed by atoms with E-state index in [1.807, 2.05) is 12.1 Å². The van der Waals surface area contributed by atoms with Crippen molar-refractivity contribution in [1.82, 2.24) is 4.90 Å². The molecule has 2 aromatic rings. The maximum Gasteiger partial charge on any atom is 0.310 e. The van der Waals surface area contributed by atoms with Crippen LogP contribution >= 0.6 is 0 Å². The zero-order chi connectivity index (χ0) is 21.1. The van der Waals surface area contributed by atoms with Gasteiger partial charge in [-0.1, -0.05) is 43.5 Å². The number of likely N-dealkylation sites (tertiary alicyclic amines) is 1. The van der Waals surface area contributed by atoms with Crippen molar-refractivity contribution in [2.45, 2.75) is 44.9 Å². The van der Waals surface area contributed by atoms with Crippen molar-refractivity contribution in [2.75, 3.05) is 13.1 Å². The Balaban J connectivity index is 1.43. The molecule has 1 amide bonds. The molecule has 4 nitrogen and oxygen atoms in total. The Labute approximate surface area is 176 Å². The number of carbonyl (C=O) groups excluding carboxylic acids is 1. The molecule has 0 aromatic heterocycles. The van der Waals surface area contributed by atoms with Crippen molar-refractivity contribution in [3.63, 3.8) is 0 Å². The van der Waals surface area contributed by atoms with E-state index in [1.54, 1.807) is 29.2 Å². The van der Waals surface area contributed by atoms with E-state index in [0.29, 0.717) is 31.5 Å². The third-order valence-electron chi connectivity index (χ3n) is 7.06. The summed E-state index contributed by atoms with van der Waals surface area (Å²) in [5, 5.41) is 10.0. The first-order valence-corrected chi connectivity index (χ1v) is 10.9. The van der Waals surface area contributed by atoms with Gasteiger partial charge in [-0.15, -0.1) is 0 Å². The Hall–Kier alpha value is -2.69. The van der Waals surface area contributed by atoms with Gasteiger partial charge in [-0.25, -0.2) is 4.39 Å². The van der Waals surface area contributed by atoms with Gasteiger partial charge in [0.2, 0.25) is 0 Å². The highest BCUT2D eigenvalue weighted by molar-refractivity contribution is 5.95. The minimum absolute atomic E-state index is 0.0525. The predicted molar refractivity (Wildman–Crippen MR) is 114 cm³/mol. The third-order valence-corrected chi connectivity index (χ3v) is 7.06. The summed E-state index contributed by atoms with van der Waals surface area (Å²) in [6, 6.07) is 13.6. The zero-order valence-corrected chi connectivity index (χ0v) is 17.1. The predicted octanol–water partition coefficient (Wildman–Crippen LogP) is 5.38. The number of amides is 1. The quantitative estimate of drug-likeness (QED) is 0.738. The van der Waals surface area contributed by atoms with Crippen molar-refractivity contribution in [2.24, 2.45) is 11.3 Å². The molecule has 0 radical (unpaired) electrons. The van der Waals surface area contributed by atoms with Crippen LogP contribution in [-0.4, -0.2) is 35.0 Å². The molecule has 2 fully saturated rings. The van der Waals surface area contributed by atoms with Gasteiger partial charge in [-0.3, -0.25) is 9.59 Å². The number of hydrogen-bond donors (Lipinski definition) is 1. The number of piperidine rings is 1. The number of halogens is 1. The fraction of sp³-hybridized carbons (Fsp3) is 0.440. The second kappa shape index (κ2) is 8.58. The SMILES string of the molecule is O=C(c1ccc(-c2ccc(F)cc2)cc1)N1CCC(C(=O)O)(C2CCCCC2)CC1. The normalized spacial score (nSPS) is 19.4. The summed E-state index contributed by atoms with van der Waals surface area (Å²) in [6.07, 6.45) is 6.48. The Morgan fingerprint density at radius 2 is 1.40 bits per heavy atom. The van der Waals surface area contributed by atoms with Gasteiger partial charge in [0.15, 0.2) is 0 Å². The average molecular weight is 410 g/mol. The molecule has 0 bridgehead atoms. The van der Waals surface area contributed by atoms with Crippen molar-refractivity contribution in [3.05, 3.63) is 59.9 Å². The minimum Gasteiger partial charge on any atom is -0.481 e. The van der Waals surface area contributed by atoms with E-state index in [2.05, 4.69) is 0 Å². The van der Waals surface area contributed by atoms with E-state index < -0.39 is 11.4 Å². The standard InChI is InChI=1S/C25H28FNO3/c26-22-12-10-19(11-13-22)18-6-8-20(9-7-18)23(28)27-16-14-25(15-17-27,24(29)30)21-4-2-1-3-5-21/h6-13,21H,1-5,14-17H2,(H,29,30). The van der Waals surface area contributed by atoms with Crippen LogP contribution in [0.1, 0.15) is 55.3 Å². The molecule has 0 unspecified atom stereocenters. The number of carboxylic acids is 1. The van der Waals surface area contributed by atoms with Gasteiger partial charge in [0.25, 0.3) is 5.91 Å². The summed E-state index contributed by atoms with van der Waals surface area (Å²) in [4.78, 5) is 27.0. The number of carboxylic acid groups (broad SMARTS) is 1. The van der Waals surface area contributed by atoms with Gasteiger partial charge in [-0.05, 0) is 67.0 Å². The van der Waals surface area contributed by atoms with Gasteiger partial charge < -0.3 is 10.0 Å². The van der Waals surface area contributed by atoms with Crippen molar-refractivity contribution >= 4 is 11.9 Å². The van der Waals surface area contributed by atoms with Gasteiger partial charge in [0, 0.05) is 18.7 Å². The maximum atomic E-state index is 13.1. The van der Waals surface area contributed by atoms with E-state index in [1.165, 1.54) is 18.6 Å². The highest BCUT2D eigenvalue weighted by Gasteiger charge is 2.48. The fourth-order valence-corrected chi connectivity index (χ4v) is 5.19. The van der Waals surface area contributed by atoms with E-state index in [9.17, 15) is 19.1 Å². The lowest BCUT2D eigenvalue weighted by Gasteiger charge is -2.45. The molecular formula is C25H28FNO3. The van der Waals surface area contributed by atoms with Gasteiger partial charge in [0.05, 0.1) is 5.41 Å². The molecule has 1 heterocycles. The molecule has 1 aliphatic carbocycles. The number of benzene rings is 2. The summed E-state index contributed by atoms with van der Waals surface area (Å²) >= 11 is 0. The number of nitrogens with zero attached hydrogens (tertiary/aromatic N) is 1. The second-order valence-corrected chi connectivity index (χ2v) is 8.67. The summed E-state index contributed by atoms with van der Waals surface area (Å²) in [5.74, 6) is -0.786. The summed E-state index contributed by atoms with van der Waals surface area (Å²) in [6.45, 7) is 0.975. The van der Waals surface area contributed by atoms with Gasteiger partial charge in [0.1, 0.15) is 5.82 Å². The lowest BCUT2D eigenvalue weighted by Crippen LogP contribution is -2.50. The molecular weight excluding hydrogens is 381 g/mol. The molecule has 1 saturated carbocycles. The van der Waals surface area contributed by atoms with Crippen LogP contribution in [0.15, 0.2) is 48.5 Å². The Morgan fingerprint density at radius 3 is 1.93 bits per heavy atom. The van der Waals surface area contributed by atoms with Crippen LogP contribution in [0.25, 0.3) is 11.1 Å². The van der Waals surface area contributed by atoms with E-state index in [-0.39, 0.29) is 17.6 Å². The second-order valence-electron chi connectivity index (χ2n) is 8.67. The Kier molecular flexibility index (Phi) is 5.89. The van der Waals surface area contributed by atoms with Gasteiger partial charge in [-0.2, -0.15) is 0 Å². The molecule has 5 heteroatoms. The minimum atomic E-state index is -0.690. The first-order chi connectivity index (χ1) is 14.5. The topological polar surface area (TPSA) is 57.6 Å². The molecule has 30 heavy (non-hydrogen) atoms. The van der Waals surface area contributed by atoms with Crippen LogP contribution in [0.3, 0.4) is 0 Å². The lowest BCUT2D eigenvalue weighted by atomic mass is 9.64. The van der Waals surface area contributed by atoms with Crippen molar-refractivity contribution in [1.29, 1.82) is 0 Å². The number of carbonyl (C=O) groups is 2. The third kappa shape index (κ3) is 3.98. The lowest BCUT2D eigenvalue weighted by molar-refractivity contribution is -0.157. The molecule has 0 spiro atoms. The fourth-order valence-electron chi connectivity index (χ4n) is 5.19. The maximum absolute atomic E-state index is 13.1. The molecule has 2 aromatic carbocycles. The molecule has 1 aliphatic heterocycles. The monoisotopic (exact) mass is 409 g/mol. The summed E-state index contributed by atoms with van der Waals surface area (Å²) in [5.41, 5.74) is 1.74. The van der Waals surface area contributed by atoms with Crippen LogP contribution in [0.5, 0.6) is 0 Å². The van der Waals surface area contributed by atoms with E-state index in [0.717, 1.165) is 36.8 Å². The first kappa shape index (κ1) is 20.6. The summed E-state index contributed by atoms with van der Waals surface area (Å²) < 4.78 is 13.1. The van der Waals surface area contributed by atoms with Crippen LogP contribution in [0.2, 0.25) is 0 Å². The molecule has 0 atom stereocenters. The van der Waals surface area contributed by atoms with Crippen LogP contribution < -0.4 is 0 Å². The average Bonchev–Trinajstić information content (AvgIpc) is 2.80.